The molecule has 0 aliphatic heterocycles. The number of esters is 1. The zero-order chi connectivity index (χ0) is 19.7. The van der Waals surface area contributed by atoms with Crippen LogP contribution in [0.25, 0.3) is 20.1 Å². The van der Waals surface area contributed by atoms with Gasteiger partial charge in [-0.1, -0.05) is 17.3 Å². The molecule has 0 aliphatic rings. The summed E-state index contributed by atoms with van der Waals surface area (Å²) in [5.74, 6) is -0.846. The first-order chi connectivity index (χ1) is 13.5. The van der Waals surface area contributed by atoms with Gasteiger partial charge in [0.1, 0.15) is 9.88 Å². The molecule has 28 heavy (non-hydrogen) atoms. The first kappa shape index (κ1) is 18.3. The Morgan fingerprint density at radius 3 is 2.75 bits per heavy atom. The number of carbonyl (C=O) groups is 2. The monoisotopic (exact) mass is 413 g/mol. The van der Waals surface area contributed by atoms with Crippen molar-refractivity contribution < 1.29 is 18.8 Å². The van der Waals surface area contributed by atoms with Crippen LogP contribution in [-0.4, -0.2) is 28.1 Å². The third kappa shape index (κ3) is 3.80. The number of fused-ring (bicyclic) bond motifs is 1. The first-order valence-electron chi connectivity index (χ1n) is 8.40. The number of nitrogens with zero attached hydrogens (tertiary/aromatic N) is 2. The number of rotatable bonds is 5. The van der Waals surface area contributed by atoms with Gasteiger partial charge < -0.3 is 9.26 Å². The molecule has 3 aromatic heterocycles. The number of thiophene rings is 1. The largest absolute Gasteiger partial charge is 0.448 e. The number of anilines is 1. The van der Waals surface area contributed by atoms with Crippen LogP contribution >= 0.6 is 22.7 Å². The lowest BCUT2D eigenvalue weighted by atomic mass is 10.3. The molecular formula is C19H15N3O4S2. The molecule has 1 unspecified atom stereocenters. The molecule has 7 nitrogen and oxygen atoms in total. The third-order valence-electron chi connectivity index (χ3n) is 3.84. The Morgan fingerprint density at radius 1 is 1.18 bits per heavy atom. The topological polar surface area (TPSA) is 94.3 Å². The molecule has 0 bridgehead atoms. The highest BCUT2D eigenvalue weighted by atomic mass is 32.1. The van der Waals surface area contributed by atoms with E-state index >= 15 is 0 Å². The molecule has 1 aromatic carbocycles. The maximum atomic E-state index is 12.4. The van der Waals surface area contributed by atoms with Crippen LogP contribution in [0.3, 0.4) is 0 Å². The minimum absolute atomic E-state index is 0.208. The van der Waals surface area contributed by atoms with Crippen molar-refractivity contribution in [2.24, 2.45) is 0 Å². The van der Waals surface area contributed by atoms with Crippen LogP contribution in [0.5, 0.6) is 0 Å². The molecule has 9 heteroatoms. The standard InChI is InChI=1S/C19H15N3O4S2/c1-10-9-16(26-22-10)21-17(23)11(2)25-19(24)15-8-7-14(27-15)18-20-12-5-3-4-6-13(12)28-18/h3-9,11H,1-2H3,(H,21,23). The zero-order valence-electron chi connectivity index (χ0n) is 15.0. The van der Waals surface area contributed by atoms with Crippen LogP contribution in [0.15, 0.2) is 47.0 Å². The molecule has 1 amide bonds. The van der Waals surface area contributed by atoms with Crippen LogP contribution in [0, 0.1) is 6.92 Å². The molecule has 0 spiro atoms. The number of ether oxygens (including phenoxy) is 1. The van der Waals surface area contributed by atoms with Gasteiger partial charge in [-0.25, -0.2) is 9.78 Å². The maximum Gasteiger partial charge on any atom is 0.349 e. The van der Waals surface area contributed by atoms with E-state index in [1.807, 2.05) is 30.3 Å². The van der Waals surface area contributed by atoms with Crippen LogP contribution in [0.4, 0.5) is 5.88 Å². The molecule has 1 N–H and O–H groups in total. The number of carbonyl (C=O) groups excluding carboxylic acids is 2. The van der Waals surface area contributed by atoms with Crippen molar-refractivity contribution in [2.75, 3.05) is 5.32 Å². The van der Waals surface area contributed by atoms with E-state index in [1.165, 1.54) is 18.3 Å². The second-order valence-electron chi connectivity index (χ2n) is 6.02. The Balaban J connectivity index is 1.43. The summed E-state index contributed by atoms with van der Waals surface area (Å²) in [6.07, 6.45) is -0.981. The Kier molecular flexibility index (Phi) is 4.93. The average molecular weight is 413 g/mol. The van der Waals surface area contributed by atoms with Crippen molar-refractivity contribution in [1.82, 2.24) is 10.1 Å². The predicted octanol–water partition coefficient (Wildman–Crippen LogP) is 4.51. The molecule has 1 atom stereocenters. The lowest BCUT2D eigenvalue weighted by Crippen LogP contribution is -2.29. The average Bonchev–Trinajstić information content (AvgIpc) is 3.40. The quantitative estimate of drug-likeness (QED) is 0.484. The summed E-state index contributed by atoms with van der Waals surface area (Å²) in [6.45, 7) is 3.24. The lowest BCUT2D eigenvalue weighted by molar-refractivity contribution is -0.123. The van der Waals surface area contributed by atoms with Crippen molar-refractivity contribution in [2.45, 2.75) is 20.0 Å². The fraction of sp³-hybridized carbons (Fsp3) is 0.158. The van der Waals surface area contributed by atoms with E-state index in [-0.39, 0.29) is 5.88 Å². The fourth-order valence-corrected chi connectivity index (χ4v) is 4.37. The molecule has 0 saturated carbocycles. The lowest BCUT2D eigenvalue weighted by Gasteiger charge is -2.11. The highest BCUT2D eigenvalue weighted by Gasteiger charge is 2.22. The van der Waals surface area contributed by atoms with E-state index < -0.39 is 18.0 Å². The summed E-state index contributed by atoms with van der Waals surface area (Å²) < 4.78 is 11.3. The van der Waals surface area contributed by atoms with Gasteiger partial charge in [-0.2, -0.15) is 0 Å². The summed E-state index contributed by atoms with van der Waals surface area (Å²) in [5.41, 5.74) is 1.56. The summed E-state index contributed by atoms with van der Waals surface area (Å²) >= 11 is 2.85. The van der Waals surface area contributed by atoms with E-state index in [4.69, 9.17) is 9.26 Å². The third-order valence-corrected chi connectivity index (χ3v) is 6.11. The number of benzene rings is 1. The number of nitrogens with one attached hydrogen (secondary N) is 1. The van der Waals surface area contributed by atoms with Gasteiger partial charge in [0.25, 0.3) is 5.91 Å². The normalized spacial score (nSPS) is 12.1. The number of thiazole rings is 1. The molecule has 3 heterocycles. The maximum absolute atomic E-state index is 12.4. The van der Waals surface area contributed by atoms with Gasteiger partial charge in [0.2, 0.25) is 5.88 Å². The number of hydrogen-bond acceptors (Lipinski definition) is 8. The fourth-order valence-electron chi connectivity index (χ4n) is 2.46. The Bertz CT molecular complexity index is 1130. The van der Waals surface area contributed by atoms with E-state index in [9.17, 15) is 9.59 Å². The number of hydrogen-bond donors (Lipinski definition) is 1. The van der Waals surface area contributed by atoms with Gasteiger partial charge in [0.05, 0.1) is 20.8 Å². The van der Waals surface area contributed by atoms with Crippen molar-refractivity contribution in [1.29, 1.82) is 0 Å². The van der Waals surface area contributed by atoms with Crippen LogP contribution in [0.2, 0.25) is 0 Å². The summed E-state index contributed by atoms with van der Waals surface area (Å²) in [5, 5.41) is 7.04. The van der Waals surface area contributed by atoms with Crippen LogP contribution < -0.4 is 5.32 Å². The van der Waals surface area contributed by atoms with Crippen LogP contribution in [0.1, 0.15) is 22.3 Å². The van der Waals surface area contributed by atoms with Gasteiger partial charge in [0.15, 0.2) is 6.10 Å². The number of amides is 1. The molecule has 4 aromatic rings. The van der Waals surface area contributed by atoms with E-state index in [0.29, 0.717) is 10.6 Å². The molecule has 0 aliphatic carbocycles. The number of para-hydroxylation sites is 1. The molecule has 142 valence electrons. The Morgan fingerprint density at radius 2 is 2.00 bits per heavy atom. The van der Waals surface area contributed by atoms with Crippen molar-refractivity contribution in [3.8, 4) is 9.88 Å². The number of aryl methyl sites for hydroxylation is 1. The molecule has 0 fully saturated rings. The SMILES string of the molecule is Cc1cc(NC(=O)C(C)OC(=O)c2ccc(-c3nc4ccccc4s3)s2)on1. The predicted molar refractivity (Wildman–Crippen MR) is 108 cm³/mol. The minimum Gasteiger partial charge on any atom is -0.448 e. The van der Waals surface area contributed by atoms with E-state index in [1.54, 1.807) is 30.4 Å². The molecule has 0 saturated heterocycles. The van der Waals surface area contributed by atoms with Gasteiger partial charge in [-0.15, -0.1) is 22.7 Å². The van der Waals surface area contributed by atoms with Crippen molar-refractivity contribution >= 4 is 50.7 Å². The van der Waals surface area contributed by atoms with Gasteiger partial charge >= 0.3 is 5.97 Å². The zero-order valence-corrected chi connectivity index (χ0v) is 16.6. The van der Waals surface area contributed by atoms with Crippen LogP contribution in [-0.2, 0) is 9.53 Å². The minimum atomic E-state index is -0.981. The smallest absolute Gasteiger partial charge is 0.349 e. The van der Waals surface area contributed by atoms with E-state index in [0.717, 1.165) is 20.1 Å². The summed E-state index contributed by atoms with van der Waals surface area (Å²) in [7, 11) is 0. The Hall–Kier alpha value is -3.04. The highest BCUT2D eigenvalue weighted by Crippen LogP contribution is 2.34. The van der Waals surface area contributed by atoms with Gasteiger partial charge in [0, 0.05) is 6.07 Å². The van der Waals surface area contributed by atoms with Gasteiger partial charge in [-0.05, 0) is 38.1 Å². The second-order valence-corrected chi connectivity index (χ2v) is 8.13. The first-order valence-corrected chi connectivity index (χ1v) is 10.0. The van der Waals surface area contributed by atoms with E-state index in [2.05, 4.69) is 15.5 Å². The van der Waals surface area contributed by atoms with Crippen molar-refractivity contribution in [3.63, 3.8) is 0 Å². The molecule has 4 rings (SSSR count). The second kappa shape index (κ2) is 7.53. The Labute approximate surface area is 168 Å². The number of aromatic nitrogens is 2. The molecular weight excluding hydrogens is 398 g/mol. The molecule has 0 radical (unpaired) electrons. The summed E-state index contributed by atoms with van der Waals surface area (Å²) in [6, 6.07) is 13.0. The highest BCUT2D eigenvalue weighted by molar-refractivity contribution is 7.26. The van der Waals surface area contributed by atoms with Crippen molar-refractivity contribution in [3.05, 3.63) is 53.0 Å². The summed E-state index contributed by atoms with van der Waals surface area (Å²) in [4.78, 5) is 30.4. The van der Waals surface area contributed by atoms with Gasteiger partial charge in [-0.3, -0.25) is 10.1 Å².